The Morgan fingerprint density at radius 2 is 1.67 bits per heavy atom. The lowest BCUT2D eigenvalue weighted by atomic mass is 9.68. The van der Waals surface area contributed by atoms with Crippen LogP contribution < -0.4 is 25.1 Å². The van der Waals surface area contributed by atoms with Gasteiger partial charge in [-0.05, 0) is 29.5 Å². The molecule has 3 unspecified atom stereocenters. The third-order valence-electron chi connectivity index (χ3n) is 5.06. The smallest absolute Gasteiger partial charge is 0.203 e. The Morgan fingerprint density at radius 1 is 1.04 bits per heavy atom. The fourth-order valence-electron chi connectivity index (χ4n) is 4.03. The van der Waals surface area contributed by atoms with Crippen molar-refractivity contribution in [3.8, 4) is 17.2 Å². The molecule has 1 aromatic carbocycles. The lowest BCUT2D eigenvalue weighted by Gasteiger charge is -2.36. The highest BCUT2D eigenvalue weighted by Crippen LogP contribution is 2.46. The molecule has 3 rings (SSSR count). The number of hydrazine groups is 1. The van der Waals surface area contributed by atoms with Crippen LogP contribution in [0.5, 0.6) is 17.2 Å². The van der Waals surface area contributed by atoms with Gasteiger partial charge in [0.05, 0.1) is 33.3 Å². The summed E-state index contributed by atoms with van der Waals surface area (Å²) in [5.74, 6) is 1.97. The molecule has 2 N–H and O–H groups in total. The van der Waals surface area contributed by atoms with E-state index in [1.165, 1.54) is 0 Å². The molecule has 6 heteroatoms. The van der Waals surface area contributed by atoms with Gasteiger partial charge in [0.25, 0.3) is 0 Å². The summed E-state index contributed by atoms with van der Waals surface area (Å²) < 4.78 is 16.3. The molecule has 2 aliphatic rings. The van der Waals surface area contributed by atoms with Gasteiger partial charge < -0.3 is 14.2 Å². The number of carbonyl (C=O) groups excluding carboxylic acids is 1. The van der Waals surface area contributed by atoms with Crippen molar-refractivity contribution < 1.29 is 19.0 Å². The number of carbonyl (C=O) groups is 1. The zero-order chi connectivity index (χ0) is 17.5. The quantitative estimate of drug-likeness (QED) is 0.880. The van der Waals surface area contributed by atoms with Crippen LogP contribution >= 0.6 is 0 Å². The second kappa shape index (κ2) is 6.26. The summed E-state index contributed by atoms with van der Waals surface area (Å²) in [6.45, 7) is 4.30. The highest BCUT2D eigenvalue weighted by molar-refractivity contribution is 5.84. The number of ketones is 1. The van der Waals surface area contributed by atoms with Crippen molar-refractivity contribution >= 4 is 5.78 Å². The summed E-state index contributed by atoms with van der Waals surface area (Å²) in [6, 6.07) is 3.87. The summed E-state index contributed by atoms with van der Waals surface area (Å²) in [5.41, 5.74) is 7.61. The van der Waals surface area contributed by atoms with Crippen molar-refractivity contribution in [3.63, 3.8) is 0 Å². The van der Waals surface area contributed by atoms with Gasteiger partial charge in [0.15, 0.2) is 11.5 Å². The van der Waals surface area contributed by atoms with E-state index in [0.29, 0.717) is 29.5 Å². The molecule has 0 spiro atoms. The fourth-order valence-corrected chi connectivity index (χ4v) is 4.03. The van der Waals surface area contributed by atoms with E-state index in [1.807, 2.05) is 12.1 Å². The van der Waals surface area contributed by atoms with E-state index in [9.17, 15) is 4.79 Å². The van der Waals surface area contributed by atoms with Crippen molar-refractivity contribution in [2.24, 2.45) is 11.3 Å². The monoisotopic (exact) mass is 334 g/mol. The molecule has 6 nitrogen and oxygen atoms in total. The zero-order valence-electron chi connectivity index (χ0n) is 14.9. The van der Waals surface area contributed by atoms with Crippen LogP contribution in [0, 0.1) is 11.3 Å². The fraction of sp³-hybridized carbons (Fsp3) is 0.611. The van der Waals surface area contributed by atoms with E-state index in [4.69, 9.17) is 14.2 Å². The predicted octanol–water partition coefficient (Wildman–Crippen LogP) is 2.24. The van der Waals surface area contributed by atoms with Gasteiger partial charge in [-0.15, -0.1) is 0 Å². The molecule has 0 bridgehead atoms. The van der Waals surface area contributed by atoms with Gasteiger partial charge in [-0.25, -0.2) is 5.43 Å². The van der Waals surface area contributed by atoms with Gasteiger partial charge >= 0.3 is 0 Å². The lowest BCUT2D eigenvalue weighted by Crippen LogP contribution is -2.43. The van der Waals surface area contributed by atoms with Crippen molar-refractivity contribution in [3.05, 3.63) is 17.7 Å². The minimum absolute atomic E-state index is 0.0388. The molecule has 0 amide bonds. The molecular weight excluding hydrogens is 308 g/mol. The third-order valence-corrected chi connectivity index (χ3v) is 5.06. The Labute approximate surface area is 142 Å². The maximum absolute atomic E-state index is 12.7. The van der Waals surface area contributed by atoms with Gasteiger partial charge in [0, 0.05) is 12.5 Å². The average Bonchev–Trinajstić information content (AvgIpc) is 2.95. The molecule has 1 heterocycles. The molecule has 3 atom stereocenters. The van der Waals surface area contributed by atoms with Crippen molar-refractivity contribution in [2.75, 3.05) is 21.3 Å². The number of benzene rings is 1. The average molecular weight is 334 g/mol. The van der Waals surface area contributed by atoms with Gasteiger partial charge in [0.2, 0.25) is 5.75 Å². The van der Waals surface area contributed by atoms with Gasteiger partial charge in [0.1, 0.15) is 5.78 Å². The first-order valence-corrected chi connectivity index (χ1v) is 8.24. The van der Waals surface area contributed by atoms with E-state index >= 15 is 0 Å². The van der Waals surface area contributed by atoms with E-state index < -0.39 is 0 Å². The number of hydrogen-bond acceptors (Lipinski definition) is 6. The third kappa shape index (κ3) is 2.84. The maximum Gasteiger partial charge on any atom is 0.203 e. The zero-order valence-corrected chi connectivity index (χ0v) is 14.9. The highest BCUT2D eigenvalue weighted by atomic mass is 16.5. The first-order valence-electron chi connectivity index (χ1n) is 8.24. The minimum atomic E-state index is -0.104. The van der Waals surface area contributed by atoms with E-state index in [1.54, 1.807) is 21.3 Å². The van der Waals surface area contributed by atoms with Crippen LogP contribution in [-0.4, -0.2) is 33.2 Å². The van der Waals surface area contributed by atoms with Crippen molar-refractivity contribution in [1.82, 2.24) is 10.9 Å². The number of nitrogens with one attached hydrogen (secondary N) is 2. The first kappa shape index (κ1) is 17.0. The normalized spacial score (nSPS) is 28.4. The second-order valence-corrected chi connectivity index (χ2v) is 7.37. The van der Waals surface area contributed by atoms with Crippen LogP contribution in [0.1, 0.15) is 38.3 Å². The Hall–Kier alpha value is -1.79. The van der Waals surface area contributed by atoms with Crippen LogP contribution in [0.25, 0.3) is 0 Å². The van der Waals surface area contributed by atoms with E-state index in [-0.39, 0.29) is 23.4 Å². The Bertz CT molecular complexity index is 619. The molecule has 0 aromatic heterocycles. The standard InChI is InChI=1S/C18H26N2O4/c1-18(2)8-11-15(12(21)9-18)16(20-19-11)10-6-13(22-3)17(24-5)14(7-10)23-4/h6-7,11,15-16,19-20H,8-9H2,1-5H3. The summed E-state index contributed by atoms with van der Waals surface area (Å²) in [6.07, 6.45) is 1.58. The van der Waals surface area contributed by atoms with E-state index in [0.717, 1.165) is 12.0 Å². The maximum atomic E-state index is 12.7. The predicted molar refractivity (Wildman–Crippen MR) is 90.4 cm³/mol. The molecule has 1 aliphatic heterocycles. The second-order valence-electron chi connectivity index (χ2n) is 7.37. The molecule has 2 fully saturated rings. The molecule has 1 saturated carbocycles. The first-order chi connectivity index (χ1) is 11.4. The largest absolute Gasteiger partial charge is 0.493 e. The molecule has 1 aromatic rings. The SMILES string of the molecule is COc1cc(C2NNC3CC(C)(C)CC(=O)C32)cc(OC)c1OC. The number of Topliss-reactive ketones (excluding diaryl/α,β-unsaturated/α-hetero) is 1. The minimum Gasteiger partial charge on any atom is -0.493 e. The number of methoxy groups -OCH3 is 3. The molecule has 0 radical (unpaired) electrons. The van der Waals surface area contributed by atoms with Crippen LogP contribution in [0.4, 0.5) is 0 Å². The Kier molecular flexibility index (Phi) is 4.44. The van der Waals surface area contributed by atoms with Crippen LogP contribution in [0.2, 0.25) is 0 Å². The number of ether oxygens (including phenoxy) is 3. The van der Waals surface area contributed by atoms with Gasteiger partial charge in [-0.1, -0.05) is 13.8 Å². The van der Waals surface area contributed by atoms with Crippen LogP contribution in [0.3, 0.4) is 0 Å². The van der Waals surface area contributed by atoms with Crippen LogP contribution in [-0.2, 0) is 4.79 Å². The van der Waals surface area contributed by atoms with Crippen molar-refractivity contribution in [1.29, 1.82) is 0 Å². The topological polar surface area (TPSA) is 68.8 Å². The van der Waals surface area contributed by atoms with Crippen LogP contribution in [0.15, 0.2) is 12.1 Å². The summed E-state index contributed by atoms with van der Waals surface area (Å²) >= 11 is 0. The number of hydrogen-bond donors (Lipinski definition) is 2. The lowest BCUT2D eigenvalue weighted by molar-refractivity contribution is -0.128. The van der Waals surface area contributed by atoms with Crippen molar-refractivity contribution in [2.45, 2.75) is 38.8 Å². The summed E-state index contributed by atoms with van der Waals surface area (Å²) in [4.78, 5) is 12.7. The van der Waals surface area contributed by atoms with E-state index in [2.05, 4.69) is 24.7 Å². The Morgan fingerprint density at radius 3 is 2.21 bits per heavy atom. The number of rotatable bonds is 4. The molecule has 24 heavy (non-hydrogen) atoms. The van der Waals surface area contributed by atoms with Gasteiger partial charge in [-0.2, -0.15) is 0 Å². The van der Waals surface area contributed by atoms with Gasteiger partial charge in [-0.3, -0.25) is 10.2 Å². The Balaban J connectivity index is 1.97. The molecule has 132 valence electrons. The number of fused-ring (bicyclic) bond motifs is 1. The highest BCUT2D eigenvalue weighted by Gasteiger charge is 2.48. The molecular formula is C18H26N2O4. The molecule has 1 aliphatic carbocycles. The molecule has 1 saturated heterocycles. The summed E-state index contributed by atoms with van der Waals surface area (Å²) in [5, 5.41) is 0. The summed E-state index contributed by atoms with van der Waals surface area (Å²) in [7, 11) is 4.77.